The Hall–Kier alpha value is -4.06. The number of benzene rings is 3. The maximum absolute atomic E-state index is 16.0. The summed E-state index contributed by atoms with van der Waals surface area (Å²) in [5.41, 5.74) is 0.408. The molecule has 0 radical (unpaired) electrons. The largest absolute Gasteiger partial charge is 0.321 e. The number of rotatable bonds is 5. The zero-order chi connectivity index (χ0) is 23.8. The lowest BCUT2D eigenvalue weighted by Crippen LogP contribution is -2.16. The third kappa shape index (κ3) is 3.61. The van der Waals surface area contributed by atoms with E-state index in [0.29, 0.717) is 11.1 Å². The molecule has 0 aliphatic carbocycles. The summed E-state index contributed by atoms with van der Waals surface area (Å²) in [5.74, 6) is -4.88. The normalized spacial score (nSPS) is 11.4. The minimum atomic E-state index is -1.35. The van der Waals surface area contributed by atoms with Gasteiger partial charge in [-0.15, -0.1) is 0 Å². The van der Waals surface area contributed by atoms with E-state index in [1.54, 1.807) is 80.2 Å². The Morgan fingerprint density at radius 3 is 1.44 bits per heavy atom. The van der Waals surface area contributed by atoms with Crippen LogP contribution in [-0.2, 0) is 0 Å². The van der Waals surface area contributed by atoms with Gasteiger partial charge in [0.1, 0.15) is 11.6 Å². The van der Waals surface area contributed by atoms with E-state index in [0.717, 1.165) is 12.1 Å². The fraction of sp³-hybridized carbons (Fsp3) is 0.0714. The molecule has 5 aromatic rings. The minimum Gasteiger partial charge on any atom is -0.321 e. The van der Waals surface area contributed by atoms with Gasteiger partial charge < -0.3 is 9.13 Å². The molecular weight excluding hydrogens is 440 g/mol. The van der Waals surface area contributed by atoms with Crippen molar-refractivity contribution in [3.05, 3.63) is 143 Å². The van der Waals surface area contributed by atoms with E-state index in [4.69, 9.17) is 0 Å². The summed E-state index contributed by atoms with van der Waals surface area (Å²) in [6.45, 7) is 1.75. The smallest absolute Gasteiger partial charge is 0.154 e. The lowest BCUT2D eigenvalue weighted by molar-refractivity contribution is 0.518. The van der Waals surface area contributed by atoms with E-state index < -0.39 is 40.3 Å². The van der Waals surface area contributed by atoms with Gasteiger partial charge in [0.05, 0.1) is 11.4 Å². The SMILES string of the molecule is Cc1ccccc1C(c1c(F)ccc(-n2cccc2)c1F)c1c(F)ccc(-n2cccc2)c1F. The second-order valence-corrected chi connectivity index (χ2v) is 8.06. The number of nitrogens with zero attached hydrogens (tertiary/aromatic N) is 2. The molecule has 3 aromatic carbocycles. The van der Waals surface area contributed by atoms with Crippen molar-refractivity contribution in [3.63, 3.8) is 0 Å². The molecule has 0 fully saturated rings. The van der Waals surface area contributed by atoms with Crippen LogP contribution in [0.25, 0.3) is 11.4 Å². The molecule has 0 saturated carbocycles. The highest BCUT2D eigenvalue weighted by atomic mass is 19.1. The first-order valence-electron chi connectivity index (χ1n) is 10.8. The lowest BCUT2D eigenvalue weighted by atomic mass is 9.81. The van der Waals surface area contributed by atoms with Gasteiger partial charge in [-0.2, -0.15) is 0 Å². The predicted octanol–water partition coefficient (Wildman–Crippen LogP) is 7.31. The molecule has 0 amide bonds. The van der Waals surface area contributed by atoms with Crippen LogP contribution in [0.2, 0.25) is 0 Å². The summed E-state index contributed by atoms with van der Waals surface area (Å²) < 4.78 is 65.7. The highest BCUT2D eigenvalue weighted by Gasteiger charge is 2.32. The van der Waals surface area contributed by atoms with E-state index >= 15 is 17.6 Å². The molecule has 0 N–H and O–H groups in total. The molecule has 0 aliphatic rings. The molecule has 34 heavy (non-hydrogen) atoms. The fourth-order valence-electron chi connectivity index (χ4n) is 4.40. The van der Waals surface area contributed by atoms with Gasteiger partial charge in [0.15, 0.2) is 11.6 Å². The van der Waals surface area contributed by atoms with Gasteiger partial charge >= 0.3 is 0 Å². The second-order valence-electron chi connectivity index (χ2n) is 8.06. The number of hydrogen-bond donors (Lipinski definition) is 0. The summed E-state index contributed by atoms with van der Waals surface area (Å²) in [5, 5.41) is 0. The predicted molar refractivity (Wildman–Crippen MR) is 123 cm³/mol. The summed E-state index contributed by atoms with van der Waals surface area (Å²) in [4.78, 5) is 0. The van der Waals surface area contributed by atoms with Crippen molar-refractivity contribution in [2.45, 2.75) is 12.8 Å². The molecule has 5 rings (SSSR count). The Bertz CT molecular complexity index is 1360. The molecule has 6 heteroatoms. The molecule has 0 saturated heterocycles. The molecule has 2 aromatic heterocycles. The summed E-state index contributed by atoms with van der Waals surface area (Å²) >= 11 is 0. The molecular formula is C28H20F4N2. The van der Waals surface area contributed by atoms with Crippen molar-refractivity contribution in [3.8, 4) is 11.4 Å². The maximum Gasteiger partial charge on any atom is 0.154 e. The first-order chi connectivity index (χ1) is 16.5. The van der Waals surface area contributed by atoms with E-state index in [9.17, 15) is 0 Å². The number of halogens is 4. The van der Waals surface area contributed by atoms with Crippen LogP contribution >= 0.6 is 0 Å². The van der Waals surface area contributed by atoms with Crippen molar-refractivity contribution in [2.24, 2.45) is 0 Å². The highest BCUT2D eigenvalue weighted by molar-refractivity contribution is 5.54. The molecule has 170 valence electrons. The van der Waals surface area contributed by atoms with E-state index in [1.165, 1.54) is 21.3 Å². The molecule has 2 nitrogen and oxygen atoms in total. The van der Waals surface area contributed by atoms with Crippen LogP contribution in [0.4, 0.5) is 17.6 Å². The van der Waals surface area contributed by atoms with Gasteiger partial charge in [-0.3, -0.25) is 0 Å². The Balaban J connectivity index is 1.84. The van der Waals surface area contributed by atoms with Crippen LogP contribution in [-0.4, -0.2) is 9.13 Å². The molecule has 0 spiro atoms. The molecule has 2 heterocycles. The quantitative estimate of drug-likeness (QED) is 0.192. The van der Waals surface area contributed by atoms with Crippen LogP contribution in [0.15, 0.2) is 97.6 Å². The monoisotopic (exact) mass is 460 g/mol. The van der Waals surface area contributed by atoms with Gasteiger partial charge in [-0.1, -0.05) is 24.3 Å². The van der Waals surface area contributed by atoms with Crippen LogP contribution < -0.4 is 0 Å². The third-order valence-corrected chi connectivity index (χ3v) is 6.05. The average molecular weight is 460 g/mol. The van der Waals surface area contributed by atoms with Crippen LogP contribution in [0, 0.1) is 30.2 Å². The highest BCUT2D eigenvalue weighted by Crippen LogP contribution is 2.41. The fourth-order valence-corrected chi connectivity index (χ4v) is 4.40. The van der Waals surface area contributed by atoms with Gasteiger partial charge in [0, 0.05) is 41.8 Å². The van der Waals surface area contributed by atoms with E-state index in [1.807, 2.05) is 0 Å². The van der Waals surface area contributed by atoms with E-state index in [-0.39, 0.29) is 11.4 Å². The topological polar surface area (TPSA) is 9.86 Å². The zero-order valence-corrected chi connectivity index (χ0v) is 18.2. The first-order valence-corrected chi connectivity index (χ1v) is 10.8. The summed E-state index contributed by atoms with van der Waals surface area (Å²) in [6, 6.07) is 18.6. The van der Waals surface area contributed by atoms with Crippen LogP contribution in [0.3, 0.4) is 0 Å². The average Bonchev–Trinajstić information content (AvgIpc) is 3.53. The first kappa shape index (κ1) is 21.8. The van der Waals surface area contributed by atoms with Crippen LogP contribution in [0.5, 0.6) is 0 Å². The Labute approximate surface area is 194 Å². The van der Waals surface area contributed by atoms with Gasteiger partial charge in [-0.05, 0) is 66.6 Å². The molecule has 0 atom stereocenters. The summed E-state index contributed by atoms with van der Waals surface area (Å²) in [6.07, 6.45) is 6.49. The number of aromatic nitrogens is 2. The van der Waals surface area contributed by atoms with Crippen LogP contribution in [0.1, 0.15) is 28.2 Å². The lowest BCUT2D eigenvalue weighted by Gasteiger charge is -2.25. The number of hydrogen-bond acceptors (Lipinski definition) is 0. The Morgan fingerprint density at radius 1 is 0.559 bits per heavy atom. The van der Waals surface area contributed by atoms with E-state index in [2.05, 4.69) is 0 Å². The third-order valence-electron chi connectivity index (χ3n) is 6.05. The van der Waals surface area contributed by atoms with Crippen molar-refractivity contribution in [1.82, 2.24) is 9.13 Å². The summed E-state index contributed by atoms with van der Waals surface area (Å²) in [7, 11) is 0. The van der Waals surface area contributed by atoms with Gasteiger partial charge in [-0.25, -0.2) is 17.6 Å². The minimum absolute atomic E-state index is 0.0855. The Morgan fingerprint density at radius 2 is 1.00 bits per heavy atom. The molecule has 0 bridgehead atoms. The molecule has 0 unspecified atom stereocenters. The Kier molecular flexibility index (Phi) is 5.57. The number of aryl methyl sites for hydroxylation is 1. The van der Waals surface area contributed by atoms with Crippen molar-refractivity contribution in [2.75, 3.05) is 0 Å². The van der Waals surface area contributed by atoms with Gasteiger partial charge in [0.2, 0.25) is 0 Å². The van der Waals surface area contributed by atoms with Gasteiger partial charge in [0.25, 0.3) is 0 Å². The zero-order valence-electron chi connectivity index (χ0n) is 18.2. The van der Waals surface area contributed by atoms with Crippen molar-refractivity contribution in [1.29, 1.82) is 0 Å². The molecule has 0 aliphatic heterocycles. The maximum atomic E-state index is 16.0. The standard InChI is InChI=1S/C28H20F4N2/c1-18-8-2-3-9-19(18)24(25-20(29)10-12-22(27(25)31)33-14-4-5-15-33)26-21(30)11-13-23(28(26)32)34-16-6-7-17-34/h2-17,24H,1H3. The van der Waals surface area contributed by atoms with Crippen molar-refractivity contribution < 1.29 is 17.6 Å². The van der Waals surface area contributed by atoms with Crippen molar-refractivity contribution >= 4 is 0 Å². The second kappa shape index (κ2) is 8.71.